The van der Waals surface area contributed by atoms with Crippen molar-refractivity contribution in [3.8, 4) is 22.7 Å². The normalized spacial score (nSPS) is 14.2. The van der Waals surface area contributed by atoms with Crippen LogP contribution in [0, 0.1) is 6.92 Å². The molecule has 10 nitrogen and oxygen atoms in total. The molecule has 0 aliphatic carbocycles. The number of para-hydroxylation sites is 2. The van der Waals surface area contributed by atoms with Crippen LogP contribution in [0.1, 0.15) is 29.0 Å². The van der Waals surface area contributed by atoms with E-state index < -0.39 is 0 Å². The van der Waals surface area contributed by atoms with Gasteiger partial charge in [-0.3, -0.25) is 4.79 Å². The molecule has 192 valence electrons. The monoisotopic (exact) mass is 572 g/mol. The van der Waals surface area contributed by atoms with E-state index in [1.807, 2.05) is 60.4 Å². The van der Waals surface area contributed by atoms with Crippen LogP contribution < -0.4 is 5.32 Å². The highest BCUT2D eigenvalue weighted by Crippen LogP contribution is 2.31. The van der Waals surface area contributed by atoms with Crippen LogP contribution in [0.15, 0.2) is 71.3 Å². The van der Waals surface area contributed by atoms with Gasteiger partial charge in [-0.2, -0.15) is 19.5 Å². The number of hydrogen-bond donors (Lipinski definition) is 2. The van der Waals surface area contributed by atoms with Gasteiger partial charge in [-0.05, 0) is 60.0 Å². The molecular formula is C27H25BrN8O2. The first-order valence-electron chi connectivity index (χ1n) is 12.4. The largest absolute Gasteiger partial charge is 0.507 e. The number of carbonyl (C=O) groups excluding carboxylic acids is 1. The summed E-state index contributed by atoms with van der Waals surface area (Å²) in [6, 6.07) is 18.7. The van der Waals surface area contributed by atoms with Crippen LogP contribution in [-0.2, 0) is 0 Å². The fraction of sp³-hybridized carbons (Fsp3) is 0.222. The number of nitrogens with zero attached hydrogens (tertiary/aromatic N) is 7. The molecule has 2 aromatic carbocycles. The third kappa shape index (κ3) is 4.49. The lowest BCUT2D eigenvalue weighted by Gasteiger charge is -2.32. The van der Waals surface area contributed by atoms with Crippen molar-refractivity contribution in [2.75, 3.05) is 18.4 Å². The molecule has 1 saturated heterocycles. The second-order valence-electron chi connectivity index (χ2n) is 9.24. The number of aromatic hydroxyl groups is 1. The molecule has 1 aliphatic rings. The number of hydrogen-bond acceptors (Lipinski definition) is 7. The summed E-state index contributed by atoms with van der Waals surface area (Å²) in [4.78, 5) is 21.3. The van der Waals surface area contributed by atoms with Gasteiger partial charge in [-0.1, -0.05) is 30.3 Å². The van der Waals surface area contributed by atoms with E-state index >= 15 is 0 Å². The first-order chi connectivity index (χ1) is 18.5. The first-order valence-corrected chi connectivity index (χ1v) is 13.1. The summed E-state index contributed by atoms with van der Waals surface area (Å²) in [5, 5.41) is 27.4. The quantitative estimate of drug-likeness (QED) is 0.319. The van der Waals surface area contributed by atoms with E-state index in [0.717, 1.165) is 28.8 Å². The number of nitrogens with one attached hydrogen (secondary N) is 1. The number of aromatic nitrogens is 6. The zero-order valence-corrected chi connectivity index (χ0v) is 22.2. The average Bonchev–Trinajstić information content (AvgIpc) is 3.52. The van der Waals surface area contributed by atoms with E-state index in [0.29, 0.717) is 41.4 Å². The molecule has 0 spiro atoms. The van der Waals surface area contributed by atoms with E-state index in [9.17, 15) is 9.90 Å². The Morgan fingerprint density at radius 1 is 1.05 bits per heavy atom. The number of piperidine rings is 1. The van der Waals surface area contributed by atoms with Crippen LogP contribution >= 0.6 is 15.9 Å². The maximum Gasteiger partial charge on any atom is 0.276 e. The van der Waals surface area contributed by atoms with Crippen LogP contribution in [0.4, 0.5) is 5.82 Å². The number of phenols is 1. The minimum atomic E-state index is -0.104. The molecule has 0 bridgehead atoms. The zero-order chi connectivity index (χ0) is 26.2. The van der Waals surface area contributed by atoms with E-state index in [2.05, 4.69) is 36.5 Å². The second-order valence-corrected chi connectivity index (χ2v) is 10.1. The van der Waals surface area contributed by atoms with Crippen LogP contribution in [-0.4, -0.2) is 64.6 Å². The van der Waals surface area contributed by atoms with Crippen LogP contribution in [0.2, 0.25) is 0 Å². The van der Waals surface area contributed by atoms with E-state index in [1.54, 1.807) is 22.8 Å². The lowest BCUT2D eigenvalue weighted by atomic mass is 10.0. The Bertz CT molecular complexity index is 1620. The number of phenolic OH excluding ortho intramolecular Hbond substituents is 1. The summed E-state index contributed by atoms with van der Waals surface area (Å²) < 4.78 is 2.51. The van der Waals surface area contributed by atoms with Gasteiger partial charge in [0, 0.05) is 30.8 Å². The van der Waals surface area contributed by atoms with Crippen molar-refractivity contribution in [3.05, 3.63) is 82.7 Å². The molecule has 38 heavy (non-hydrogen) atoms. The maximum atomic E-state index is 13.3. The fourth-order valence-corrected chi connectivity index (χ4v) is 5.05. The summed E-state index contributed by atoms with van der Waals surface area (Å²) in [7, 11) is 0. The Labute approximate surface area is 227 Å². The lowest BCUT2D eigenvalue weighted by Crippen LogP contribution is -2.43. The van der Waals surface area contributed by atoms with Crippen LogP contribution in [0.5, 0.6) is 5.75 Å². The van der Waals surface area contributed by atoms with E-state index in [1.165, 1.54) is 4.80 Å². The highest BCUT2D eigenvalue weighted by atomic mass is 79.9. The molecule has 0 unspecified atom stereocenters. The summed E-state index contributed by atoms with van der Waals surface area (Å²) >= 11 is 3.53. The summed E-state index contributed by atoms with van der Waals surface area (Å²) in [5.41, 5.74) is 3.74. The minimum Gasteiger partial charge on any atom is -0.507 e. The van der Waals surface area contributed by atoms with Gasteiger partial charge in [0.1, 0.15) is 11.6 Å². The molecule has 1 fully saturated rings. The highest BCUT2D eigenvalue weighted by Gasteiger charge is 2.28. The topological polar surface area (TPSA) is 113 Å². The van der Waals surface area contributed by atoms with Gasteiger partial charge in [-0.25, -0.2) is 4.98 Å². The number of carbonyl (C=O) groups is 1. The number of halogens is 1. The van der Waals surface area contributed by atoms with Gasteiger partial charge in [0.2, 0.25) is 0 Å². The Morgan fingerprint density at radius 3 is 2.55 bits per heavy atom. The SMILES string of the molecule is Cc1nn(-c2ccccc2)nc1C(=O)N1CCC(Nc2cc(-c3ccccc3O)nc3c(Br)cnn23)CC1. The Hall–Kier alpha value is -4.25. The third-order valence-corrected chi connectivity index (χ3v) is 7.27. The Morgan fingerprint density at radius 2 is 1.79 bits per heavy atom. The maximum absolute atomic E-state index is 13.3. The number of aryl methyl sites for hydroxylation is 1. The van der Waals surface area contributed by atoms with Crippen molar-refractivity contribution in [1.82, 2.24) is 34.5 Å². The van der Waals surface area contributed by atoms with Gasteiger partial charge in [0.25, 0.3) is 5.91 Å². The van der Waals surface area contributed by atoms with Crippen LogP contribution in [0.3, 0.4) is 0 Å². The van der Waals surface area contributed by atoms with Crippen LogP contribution in [0.25, 0.3) is 22.6 Å². The smallest absolute Gasteiger partial charge is 0.276 e. The Kier molecular flexibility index (Phi) is 6.28. The molecule has 0 saturated carbocycles. The molecule has 6 rings (SSSR count). The van der Waals surface area contributed by atoms with Gasteiger partial charge in [0.15, 0.2) is 11.3 Å². The van der Waals surface area contributed by atoms with Gasteiger partial charge < -0.3 is 15.3 Å². The average molecular weight is 573 g/mol. The number of anilines is 1. The summed E-state index contributed by atoms with van der Waals surface area (Å²) in [6.45, 7) is 3.00. The molecule has 1 aliphatic heterocycles. The Balaban J connectivity index is 1.18. The number of benzene rings is 2. The summed E-state index contributed by atoms with van der Waals surface area (Å²) in [5.74, 6) is 0.829. The standard InChI is InChI=1S/C27H25BrN8O2/c1-17-25(33-36(32-17)19-7-3-2-4-8-19)27(38)34-13-11-18(12-14-34)30-24-15-22(20-9-5-6-10-23(20)37)31-26-21(28)16-29-35(24)26/h2-10,15-16,18,30,37H,11-14H2,1H3. The lowest BCUT2D eigenvalue weighted by molar-refractivity contribution is 0.0711. The van der Waals surface area contributed by atoms with Crippen molar-refractivity contribution in [2.24, 2.45) is 0 Å². The van der Waals surface area contributed by atoms with Crippen molar-refractivity contribution in [1.29, 1.82) is 0 Å². The predicted octanol–water partition coefficient (Wildman–Crippen LogP) is 4.47. The predicted molar refractivity (Wildman–Crippen MR) is 146 cm³/mol. The van der Waals surface area contributed by atoms with Gasteiger partial charge in [-0.15, -0.1) is 5.10 Å². The molecule has 2 N–H and O–H groups in total. The molecule has 11 heteroatoms. The molecule has 0 atom stereocenters. The van der Waals surface area contributed by atoms with Crippen molar-refractivity contribution < 1.29 is 9.90 Å². The van der Waals surface area contributed by atoms with E-state index in [-0.39, 0.29) is 17.7 Å². The van der Waals surface area contributed by atoms with Gasteiger partial charge >= 0.3 is 0 Å². The fourth-order valence-electron chi connectivity index (χ4n) is 4.71. The second kappa shape index (κ2) is 9.90. The molecule has 5 aromatic rings. The molecule has 3 aromatic heterocycles. The number of likely N-dealkylation sites (tertiary alicyclic amines) is 1. The van der Waals surface area contributed by atoms with Crippen molar-refractivity contribution in [2.45, 2.75) is 25.8 Å². The number of fused-ring (bicyclic) bond motifs is 1. The summed E-state index contributed by atoms with van der Waals surface area (Å²) in [6.07, 6.45) is 3.22. The highest BCUT2D eigenvalue weighted by molar-refractivity contribution is 9.10. The molecule has 1 amide bonds. The number of rotatable bonds is 5. The molecule has 0 radical (unpaired) electrons. The van der Waals surface area contributed by atoms with Crippen molar-refractivity contribution >= 4 is 33.3 Å². The van der Waals surface area contributed by atoms with Gasteiger partial charge in [0.05, 0.1) is 27.7 Å². The minimum absolute atomic E-state index is 0.104. The molecular weight excluding hydrogens is 548 g/mol. The number of amides is 1. The van der Waals surface area contributed by atoms with Crippen molar-refractivity contribution in [3.63, 3.8) is 0 Å². The molecule has 4 heterocycles. The van der Waals surface area contributed by atoms with E-state index in [4.69, 9.17) is 4.98 Å². The first kappa shape index (κ1) is 24.1. The zero-order valence-electron chi connectivity index (χ0n) is 20.6. The third-order valence-electron chi connectivity index (χ3n) is 6.71.